The number of rotatable bonds is 3. The first kappa shape index (κ1) is 14.0. The molecule has 1 N–H and O–H groups in total. The number of hydrogen-bond acceptors (Lipinski definition) is 1. The summed E-state index contributed by atoms with van der Waals surface area (Å²) in [5.41, 5.74) is 3.87. The minimum Gasteiger partial charge on any atom is -0.382 e. The van der Waals surface area contributed by atoms with Gasteiger partial charge in [-0.2, -0.15) is 0 Å². The Labute approximate surface area is 133 Å². The zero-order valence-electron chi connectivity index (χ0n) is 11.4. The fourth-order valence-corrected chi connectivity index (χ4v) is 3.32. The summed E-state index contributed by atoms with van der Waals surface area (Å²) in [7, 11) is 0. The van der Waals surface area contributed by atoms with E-state index < -0.39 is 0 Å². The summed E-state index contributed by atoms with van der Waals surface area (Å²) in [5, 5.41) is 4.47. The van der Waals surface area contributed by atoms with Gasteiger partial charge in [-0.3, -0.25) is 0 Å². The molecule has 2 aromatic rings. The van der Waals surface area contributed by atoms with Gasteiger partial charge in [-0.25, -0.2) is 0 Å². The standard InChI is InChI=1S/C17H17BrClN/c1-11-16(18)6-3-7-17(11)20-15-9-13(10-15)12-4-2-5-14(19)8-12/h2-8,13,15,20H,9-10H2,1H3. The summed E-state index contributed by atoms with van der Waals surface area (Å²) in [6.07, 6.45) is 2.35. The van der Waals surface area contributed by atoms with Crippen molar-refractivity contribution in [1.29, 1.82) is 0 Å². The Morgan fingerprint density at radius 2 is 1.90 bits per heavy atom. The third-order valence-corrected chi connectivity index (χ3v) is 5.18. The van der Waals surface area contributed by atoms with E-state index in [-0.39, 0.29) is 0 Å². The van der Waals surface area contributed by atoms with Crippen LogP contribution in [-0.2, 0) is 0 Å². The predicted molar refractivity (Wildman–Crippen MR) is 89.7 cm³/mol. The summed E-state index contributed by atoms with van der Waals surface area (Å²) in [5.74, 6) is 0.638. The fourth-order valence-electron chi connectivity index (χ4n) is 2.75. The van der Waals surface area contributed by atoms with Gasteiger partial charge in [0.1, 0.15) is 0 Å². The minimum atomic E-state index is 0.562. The molecule has 1 aliphatic rings. The van der Waals surface area contributed by atoms with Gasteiger partial charge in [0.15, 0.2) is 0 Å². The molecule has 104 valence electrons. The highest BCUT2D eigenvalue weighted by molar-refractivity contribution is 9.10. The molecule has 2 aromatic carbocycles. The monoisotopic (exact) mass is 349 g/mol. The third-order valence-electron chi connectivity index (χ3n) is 4.09. The molecule has 0 aromatic heterocycles. The van der Waals surface area contributed by atoms with Crippen molar-refractivity contribution < 1.29 is 0 Å². The van der Waals surface area contributed by atoms with Crippen molar-refractivity contribution in [3.05, 3.63) is 63.1 Å². The Morgan fingerprint density at radius 3 is 2.65 bits per heavy atom. The SMILES string of the molecule is Cc1c(Br)cccc1NC1CC(c2cccc(Cl)c2)C1. The number of hydrogen-bond donors (Lipinski definition) is 1. The van der Waals surface area contributed by atoms with E-state index in [1.54, 1.807) is 0 Å². The molecule has 0 unspecified atom stereocenters. The quantitative estimate of drug-likeness (QED) is 0.741. The largest absolute Gasteiger partial charge is 0.382 e. The zero-order valence-corrected chi connectivity index (χ0v) is 13.7. The second-order valence-corrected chi connectivity index (χ2v) is 6.77. The van der Waals surface area contributed by atoms with Crippen LogP contribution < -0.4 is 5.32 Å². The first-order valence-corrected chi connectivity index (χ1v) is 8.07. The first-order chi connectivity index (χ1) is 9.63. The van der Waals surface area contributed by atoms with Gasteiger partial charge in [0.05, 0.1) is 0 Å². The van der Waals surface area contributed by atoms with Crippen molar-refractivity contribution in [1.82, 2.24) is 0 Å². The van der Waals surface area contributed by atoms with Crippen LogP contribution in [0.25, 0.3) is 0 Å². The molecule has 0 amide bonds. The van der Waals surface area contributed by atoms with Crippen LogP contribution in [0.3, 0.4) is 0 Å². The molecule has 0 heterocycles. The van der Waals surface area contributed by atoms with Gasteiger partial charge in [-0.15, -0.1) is 0 Å². The molecule has 1 aliphatic carbocycles. The van der Waals surface area contributed by atoms with E-state index in [4.69, 9.17) is 11.6 Å². The van der Waals surface area contributed by atoms with E-state index in [0.717, 1.165) is 9.50 Å². The minimum absolute atomic E-state index is 0.562. The van der Waals surface area contributed by atoms with Crippen LogP contribution in [0.4, 0.5) is 5.69 Å². The smallest absolute Gasteiger partial charge is 0.0408 e. The Kier molecular flexibility index (Phi) is 4.04. The lowest BCUT2D eigenvalue weighted by Crippen LogP contribution is -2.34. The second kappa shape index (κ2) is 5.79. The summed E-state index contributed by atoms with van der Waals surface area (Å²) >= 11 is 9.63. The first-order valence-electron chi connectivity index (χ1n) is 6.90. The molecule has 1 fully saturated rings. The summed E-state index contributed by atoms with van der Waals surface area (Å²) in [4.78, 5) is 0. The second-order valence-electron chi connectivity index (χ2n) is 5.48. The summed E-state index contributed by atoms with van der Waals surface area (Å²) in [6, 6.07) is 15.1. The van der Waals surface area contributed by atoms with Crippen LogP contribution in [0, 0.1) is 6.92 Å². The van der Waals surface area contributed by atoms with Crippen molar-refractivity contribution in [3.63, 3.8) is 0 Å². The number of halogens is 2. The summed E-state index contributed by atoms with van der Waals surface area (Å²) in [6.45, 7) is 2.14. The average molecular weight is 351 g/mol. The normalized spacial score (nSPS) is 21.4. The van der Waals surface area contributed by atoms with Crippen LogP contribution >= 0.6 is 27.5 Å². The molecule has 0 aliphatic heterocycles. The van der Waals surface area contributed by atoms with E-state index in [1.807, 2.05) is 12.1 Å². The van der Waals surface area contributed by atoms with E-state index in [0.29, 0.717) is 12.0 Å². The Balaban J connectivity index is 1.62. The van der Waals surface area contributed by atoms with Gasteiger partial charge < -0.3 is 5.32 Å². The van der Waals surface area contributed by atoms with E-state index in [1.165, 1.54) is 29.7 Å². The highest BCUT2D eigenvalue weighted by Crippen LogP contribution is 2.39. The van der Waals surface area contributed by atoms with Gasteiger partial charge in [-0.1, -0.05) is 45.7 Å². The van der Waals surface area contributed by atoms with Crippen LogP contribution in [0.2, 0.25) is 5.02 Å². The van der Waals surface area contributed by atoms with Gasteiger partial charge >= 0.3 is 0 Å². The summed E-state index contributed by atoms with van der Waals surface area (Å²) < 4.78 is 1.16. The maximum Gasteiger partial charge on any atom is 0.0408 e. The molecule has 3 heteroatoms. The van der Waals surface area contributed by atoms with Crippen molar-refractivity contribution in [2.45, 2.75) is 31.7 Å². The van der Waals surface area contributed by atoms with Gasteiger partial charge in [0, 0.05) is 21.2 Å². The van der Waals surface area contributed by atoms with E-state index >= 15 is 0 Å². The molecule has 1 saturated carbocycles. The molecule has 0 spiro atoms. The number of benzene rings is 2. The Morgan fingerprint density at radius 1 is 1.15 bits per heavy atom. The number of nitrogens with one attached hydrogen (secondary N) is 1. The maximum absolute atomic E-state index is 6.05. The average Bonchev–Trinajstić information content (AvgIpc) is 2.38. The highest BCUT2D eigenvalue weighted by Gasteiger charge is 2.30. The van der Waals surface area contributed by atoms with Crippen LogP contribution in [0.5, 0.6) is 0 Å². The van der Waals surface area contributed by atoms with Crippen molar-refractivity contribution in [2.24, 2.45) is 0 Å². The third kappa shape index (κ3) is 2.87. The molecular formula is C17H17BrClN. The Bertz CT molecular complexity index is 620. The van der Waals surface area contributed by atoms with E-state index in [2.05, 4.69) is 58.5 Å². The highest BCUT2D eigenvalue weighted by atomic mass is 79.9. The maximum atomic E-state index is 6.05. The lowest BCUT2D eigenvalue weighted by Gasteiger charge is -2.37. The topological polar surface area (TPSA) is 12.0 Å². The molecule has 0 bridgehead atoms. The Hall–Kier alpha value is -0.990. The zero-order chi connectivity index (χ0) is 14.1. The van der Waals surface area contributed by atoms with Crippen LogP contribution in [0.15, 0.2) is 46.9 Å². The number of anilines is 1. The lowest BCUT2D eigenvalue weighted by atomic mass is 9.76. The van der Waals surface area contributed by atoms with Crippen molar-refractivity contribution in [2.75, 3.05) is 5.32 Å². The molecule has 3 rings (SSSR count). The van der Waals surface area contributed by atoms with Crippen LogP contribution in [0.1, 0.15) is 29.9 Å². The van der Waals surface area contributed by atoms with Gasteiger partial charge in [0.2, 0.25) is 0 Å². The lowest BCUT2D eigenvalue weighted by molar-refractivity contribution is 0.374. The molecular weight excluding hydrogens is 334 g/mol. The van der Waals surface area contributed by atoms with Crippen LogP contribution in [-0.4, -0.2) is 6.04 Å². The molecule has 1 nitrogen and oxygen atoms in total. The van der Waals surface area contributed by atoms with Crippen molar-refractivity contribution in [3.8, 4) is 0 Å². The molecule has 20 heavy (non-hydrogen) atoms. The molecule has 0 atom stereocenters. The molecule has 0 radical (unpaired) electrons. The predicted octanol–water partition coefficient (Wildman–Crippen LogP) is 5.77. The molecule has 0 saturated heterocycles. The fraction of sp³-hybridized carbons (Fsp3) is 0.294. The van der Waals surface area contributed by atoms with Gasteiger partial charge in [-0.05, 0) is 61.1 Å². The van der Waals surface area contributed by atoms with Gasteiger partial charge in [0.25, 0.3) is 0 Å². The van der Waals surface area contributed by atoms with E-state index in [9.17, 15) is 0 Å². The van der Waals surface area contributed by atoms with Crippen molar-refractivity contribution >= 4 is 33.2 Å².